The van der Waals surface area contributed by atoms with Crippen LogP contribution in [-0.2, 0) is 12.8 Å². The van der Waals surface area contributed by atoms with Gasteiger partial charge in [0.15, 0.2) is 0 Å². The molecule has 34 heavy (non-hydrogen) atoms. The first-order valence-corrected chi connectivity index (χ1v) is 13.0. The predicted molar refractivity (Wildman–Crippen MR) is 140 cm³/mol. The van der Waals surface area contributed by atoms with Crippen molar-refractivity contribution in [3.63, 3.8) is 0 Å². The quantitative estimate of drug-likeness (QED) is 0.360. The van der Waals surface area contributed by atoms with Crippen molar-refractivity contribution >= 4 is 21.8 Å². The average molecular weight is 451 g/mol. The minimum Gasteiger partial charge on any atom is -0.357 e. The number of nitrogens with one attached hydrogen (secondary N) is 2. The van der Waals surface area contributed by atoms with Crippen molar-refractivity contribution in [2.24, 2.45) is 5.92 Å². The van der Waals surface area contributed by atoms with Gasteiger partial charge in [0.1, 0.15) is 0 Å². The number of piperidine rings is 1. The molecule has 7 rings (SSSR count). The third-order valence-electron chi connectivity index (χ3n) is 8.99. The Balaban J connectivity index is 1.24. The number of aromatic nitrogens is 2. The van der Waals surface area contributed by atoms with Gasteiger partial charge in [0.2, 0.25) is 0 Å². The van der Waals surface area contributed by atoms with Crippen LogP contribution in [0.5, 0.6) is 0 Å². The van der Waals surface area contributed by atoms with Gasteiger partial charge in [-0.3, -0.25) is 9.80 Å². The van der Waals surface area contributed by atoms with E-state index in [0.29, 0.717) is 18.0 Å². The maximum Gasteiger partial charge on any atom is 0.0510 e. The predicted octanol–water partition coefficient (Wildman–Crippen LogP) is 6.13. The van der Waals surface area contributed by atoms with Crippen LogP contribution < -0.4 is 0 Å². The third kappa shape index (κ3) is 3.05. The first-order chi connectivity index (χ1) is 16.7. The number of rotatable bonds is 2. The van der Waals surface area contributed by atoms with Crippen LogP contribution in [0, 0.1) is 5.92 Å². The summed E-state index contributed by atoms with van der Waals surface area (Å²) < 4.78 is 0. The molecule has 2 aromatic carbocycles. The molecule has 4 heteroatoms. The molecule has 3 aliphatic rings. The monoisotopic (exact) mass is 450 g/mol. The van der Waals surface area contributed by atoms with Crippen molar-refractivity contribution < 1.29 is 0 Å². The maximum absolute atomic E-state index is 3.84. The first-order valence-electron chi connectivity index (χ1n) is 13.0. The Morgan fingerprint density at radius 2 is 1.53 bits per heavy atom. The van der Waals surface area contributed by atoms with Gasteiger partial charge in [0, 0.05) is 52.8 Å². The molecule has 3 unspecified atom stereocenters. The smallest absolute Gasteiger partial charge is 0.0510 e. The first kappa shape index (κ1) is 20.5. The van der Waals surface area contributed by atoms with E-state index in [-0.39, 0.29) is 0 Å². The summed E-state index contributed by atoms with van der Waals surface area (Å²) in [4.78, 5) is 13.0. The van der Waals surface area contributed by atoms with E-state index in [2.05, 4.69) is 88.3 Å². The molecule has 0 radical (unpaired) electrons. The fourth-order valence-corrected chi connectivity index (χ4v) is 7.19. The van der Waals surface area contributed by atoms with E-state index >= 15 is 0 Å². The number of H-pyrrole nitrogens is 2. The van der Waals surface area contributed by atoms with Gasteiger partial charge >= 0.3 is 0 Å². The summed E-state index contributed by atoms with van der Waals surface area (Å²) in [6.07, 6.45) is 7.11. The molecule has 0 aliphatic carbocycles. The number of fused-ring (bicyclic) bond motifs is 8. The highest BCUT2D eigenvalue weighted by Gasteiger charge is 2.39. The lowest BCUT2D eigenvalue weighted by molar-refractivity contribution is 0.115. The highest BCUT2D eigenvalue weighted by molar-refractivity contribution is 5.86. The van der Waals surface area contributed by atoms with E-state index in [9.17, 15) is 0 Å². The minimum absolute atomic E-state index is 0.452. The zero-order chi connectivity index (χ0) is 22.8. The van der Waals surface area contributed by atoms with Crippen LogP contribution in [0.1, 0.15) is 54.4 Å². The van der Waals surface area contributed by atoms with Crippen LogP contribution in [0.15, 0.2) is 60.2 Å². The molecule has 5 heterocycles. The summed E-state index contributed by atoms with van der Waals surface area (Å²) in [5.74, 6) is 0.605. The second kappa shape index (κ2) is 7.86. The van der Waals surface area contributed by atoms with Crippen LogP contribution in [0.3, 0.4) is 0 Å². The molecule has 1 saturated heterocycles. The lowest BCUT2D eigenvalue weighted by atomic mass is 9.77. The number of likely N-dealkylation sites (N-methyl/N-ethyl adjacent to an activating group) is 1. The van der Waals surface area contributed by atoms with Gasteiger partial charge in [-0.2, -0.15) is 0 Å². The molecular weight excluding hydrogens is 416 g/mol. The molecule has 2 aromatic heterocycles. The van der Waals surface area contributed by atoms with Crippen LogP contribution in [0.4, 0.5) is 0 Å². The minimum atomic E-state index is 0.452. The molecule has 0 bridgehead atoms. The van der Waals surface area contributed by atoms with Crippen molar-refractivity contribution in [2.45, 2.75) is 44.7 Å². The molecular formula is C30H34N4. The summed E-state index contributed by atoms with van der Waals surface area (Å²) in [7, 11) is 2.32. The largest absolute Gasteiger partial charge is 0.357 e. The molecule has 3 aliphatic heterocycles. The molecule has 3 atom stereocenters. The van der Waals surface area contributed by atoms with E-state index in [1.165, 1.54) is 52.6 Å². The standard InChI is InChI=1S/C30H34N4/c1-3-19-18-34-15-13-24-22-9-5-7-11-26(22)32-30(24)28(34)17-20(19)16-27-29-23(12-14-33(27)2)21-8-4-6-10-25(21)31-29/h3-11,20,27-28,31-32H,12-18H2,1-2H3. The van der Waals surface area contributed by atoms with Crippen LogP contribution in [-0.4, -0.2) is 46.4 Å². The lowest BCUT2D eigenvalue weighted by Gasteiger charge is -2.45. The van der Waals surface area contributed by atoms with Crippen molar-refractivity contribution in [1.29, 1.82) is 0 Å². The zero-order valence-corrected chi connectivity index (χ0v) is 20.3. The molecule has 4 nitrogen and oxygen atoms in total. The molecule has 174 valence electrons. The van der Waals surface area contributed by atoms with Crippen molar-refractivity contribution in [3.05, 3.63) is 82.7 Å². The van der Waals surface area contributed by atoms with Gasteiger partial charge in [-0.05, 0) is 68.8 Å². The van der Waals surface area contributed by atoms with E-state index in [4.69, 9.17) is 0 Å². The number of hydrogen-bond donors (Lipinski definition) is 2. The highest BCUT2D eigenvalue weighted by Crippen LogP contribution is 2.46. The average Bonchev–Trinajstić information content (AvgIpc) is 3.44. The van der Waals surface area contributed by atoms with Crippen LogP contribution in [0.2, 0.25) is 0 Å². The van der Waals surface area contributed by atoms with Crippen molar-refractivity contribution in [3.8, 4) is 0 Å². The van der Waals surface area contributed by atoms with E-state index in [1.807, 2.05) is 0 Å². The van der Waals surface area contributed by atoms with E-state index < -0.39 is 0 Å². The fraction of sp³-hybridized carbons (Fsp3) is 0.400. The number of benzene rings is 2. The molecule has 4 aromatic rings. The fourth-order valence-electron chi connectivity index (χ4n) is 7.19. The Kier molecular flexibility index (Phi) is 4.75. The van der Waals surface area contributed by atoms with Gasteiger partial charge in [-0.1, -0.05) is 48.0 Å². The molecule has 0 saturated carbocycles. The summed E-state index contributed by atoms with van der Waals surface area (Å²) in [5, 5.41) is 2.85. The van der Waals surface area contributed by atoms with Gasteiger partial charge in [-0.25, -0.2) is 0 Å². The summed E-state index contributed by atoms with van der Waals surface area (Å²) in [6.45, 7) is 5.66. The van der Waals surface area contributed by atoms with Gasteiger partial charge in [0.05, 0.1) is 12.1 Å². The zero-order valence-electron chi connectivity index (χ0n) is 20.3. The second-order valence-corrected chi connectivity index (χ2v) is 10.6. The topological polar surface area (TPSA) is 38.1 Å². The van der Waals surface area contributed by atoms with E-state index in [1.54, 1.807) is 16.7 Å². The summed E-state index contributed by atoms with van der Waals surface area (Å²) in [5.41, 5.74) is 10.3. The summed E-state index contributed by atoms with van der Waals surface area (Å²) in [6, 6.07) is 18.7. The molecule has 0 amide bonds. The number of para-hydroxylation sites is 2. The van der Waals surface area contributed by atoms with Crippen molar-refractivity contribution in [1.82, 2.24) is 19.8 Å². The Labute approximate surface area is 201 Å². The van der Waals surface area contributed by atoms with Gasteiger partial charge < -0.3 is 9.97 Å². The Morgan fingerprint density at radius 1 is 0.882 bits per heavy atom. The normalized spacial score (nSPS) is 26.6. The van der Waals surface area contributed by atoms with Crippen LogP contribution >= 0.6 is 0 Å². The molecule has 0 spiro atoms. The maximum atomic E-state index is 3.84. The Hall–Kier alpha value is -2.82. The van der Waals surface area contributed by atoms with Gasteiger partial charge in [-0.15, -0.1) is 0 Å². The molecule has 1 fully saturated rings. The Morgan fingerprint density at radius 3 is 2.26 bits per heavy atom. The van der Waals surface area contributed by atoms with E-state index in [0.717, 1.165) is 25.9 Å². The van der Waals surface area contributed by atoms with Crippen molar-refractivity contribution in [2.75, 3.05) is 26.7 Å². The molecule has 2 N–H and O–H groups in total. The number of allylic oxidation sites excluding steroid dienone is 1. The Bertz CT molecular complexity index is 1410. The highest BCUT2D eigenvalue weighted by atomic mass is 15.2. The number of aromatic amines is 2. The SMILES string of the molecule is CC=C1CN2CCc3c([nH]c4ccccc34)C2CC1CC1c2[nH]c3ccccc3c2CCN1C. The summed E-state index contributed by atoms with van der Waals surface area (Å²) >= 11 is 0. The third-order valence-corrected chi connectivity index (χ3v) is 8.99. The number of hydrogen-bond acceptors (Lipinski definition) is 2. The number of nitrogens with zero attached hydrogens (tertiary/aromatic N) is 2. The lowest BCUT2D eigenvalue weighted by Crippen LogP contribution is -2.43. The second-order valence-electron chi connectivity index (χ2n) is 10.6. The van der Waals surface area contributed by atoms with Gasteiger partial charge in [0.25, 0.3) is 0 Å². The van der Waals surface area contributed by atoms with Crippen LogP contribution in [0.25, 0.3) is 21.8 Å².